The van der Waals surface area contributed by atoms with Gasteiger partial charge in [0.25, 0.3) is 5.91 Å². The maximum atomic E-state index is 12.4. The molecular formula is C18H15ClN2OS. The molecule has 0 radical (unpaired) electrons. The van der Waals surface area contributed by atoms with Crippen LogP contribution in [0, 0.1) is 6.92 Å². The van der Waals surface area contributed by atoms with E-state index in [2.05, 4.69) is 17.1 Å². The summed E-state index contributed by atoms with van der Waals surface area (Å²) in [5.74, 6) is -0.320. The second-order valence-corrected chi connectivity index (χ2v) is 6.37. The first kappa shape index (κ1) is 15.7. The lowest BCUT2D eigenvalue weighted by molar-refractivity contribution is 0.0998. The van der Waals surface area contributed by atoms with Crippen molar-refractivity contribution in [2.45, 2.75) is 13.5 Å². The predicted octanol–water partition coefficient (Wildman–Crippen LogP) is 4.30. The van der Waals surface area contributed by atoms with Gasteiger partial charge in [-0.05, 0) is 24.6 Å². The Balaban J connectivity index is 1.98. The Morgan fingerprint density at radius 2 is 1.83 bits per heavy atom. The highest BCUT2D eigenvalue weighted by atomic mass is 35.5. The van der Waals surface area contributed by atoms with Crippen molar-refractivity contribution in [3.8, 4) is 0 Å². The summed E-state index contributed by atoms with van der Waals surface area (Å²) in [5.41, 5.74) is 2.66. The van der Waals surface area contributed by atoms with Gasteiger partial charge in [-0.3, -0.25) is 4.79 Å². The van der Waals surface area contributed by atoms with Crippen LogP contribution in [0.2, 0.25) is 5.02 Å². The molecule has 0 fully saturated rings. The molecule has 3 rings (SSSR count). The van der Waals surface area contributed by atoms with Crippen LogP contribution in [-0.2, 0) is 6.54 Å². The number of rotatable bonds is 3. The molecule has 1 heterocycles. The number of benzene rings is 2. The van der Waals surface area contributed by atoms with E-state index >= 15 is 0 Å². The molecule has 116 valence electrons. The topological polar surface area (TPSA) is 34.4 Å². The monoisotopic (exact) mass is 342 g/mol. The summed E-state index contributed by atoms with van der Waals surface area (Å²) in [6, 6.07) is 17.1. The van der Waals surface area contributed by atoms with Crippen molar-refractivity contribution in [3.63, 3.8) is 0 Å². The van der Waals surface area contributed by atoms with Crippen LogP contribution in [0.3, 0.4) is 0 Å². The molecule has 0 bridgehead atoms. The molecule has 0 atom stereocenters. The van der Waals surface area contributed by atoms with Gasteiger partial charge in [0.05, 0.1) is 17.1 Å². The second-order valence-electron chi connectivity index (χ2n) is 5.13. The lowest BCUT2D eigenvalue weighted by Gasteiger charge is -2.06. The minimum atomic E-state index is -0.320. The summed E-state index contributed by atoms with van der Waals surface area (Å²) in [4.78, 5) is 17.3. The molecule has 5 heteroatoms. The molecule has 0 aliphatic carbocycles. The minimum Gasteiger partial charge on any atom is -0.317 e. The van der Waals surface area contributed by atoms with Crippen molar-refractivity contribution in [1.29, 1.82) is 0 Å². The lowest BCUT2D eigenvalue weighted by atomic mass is 10.2. The van der Waals surface area contributed by atoms with Gasteiger partial charge in [0.2, 0.25) is 0 Å². The Hall–Kier alpha value is -2.17. The Morgan fingerprint density at radius 1 is 1.13 bits per heavy atom. The van der Waals surface area contributed by atoms with E-state index in [1.807, 2.05) is 35.1 Å². The predicted molar refractivity (Wildman–Crippen MR) is 93.9 cm³/mol. The standard InChI is InChI=1S/C18H15ClN2OS/c1-13-12-23-18(21(13)11-14-7-3-2-4-8-14)20-17(22)15-9-5-6-10-16(15)19/h2-10,12H,11H2,1H3. The zero-order chi connectivity index (χ0) is 16.2. The molecular weight excluding hydrogens is 328 g/mol. The molecule has 0 aliphatic heterocycles. The van der Waals surface area contributed by atoms with E-state index in [0.717, 1.165) is 5.69 Å². The molecule has 0 unspecified atom stereocenters. The van der Waals surface area contributed by atoms with Crippen LogP contribution < -0.4 is 4.80 Å². The van der Waals surface area contributed by atoms with E-state index in [0.29, 0.717) is 21.9 Å². The third-order valence-corrected chi connectivity index (χ3v) is 4.79. The van der Waals surface area contributed by atoms with Crippen molar-refractivity contribution in [1.82, 2.24) is 4.57 Å². The van der Waals surface area contributed by atoms with Gasteiger partial charge in [0.1, 0.15) is 0 Å². The molecule has 0 aliphatic rings. The zero-order valence-corrected chi connectivity index (χ0v) is 14.1. The Kier molecular flexibility index (Phi) is 4.74. The third-order valence-electron chi connectivity index (χ3n) is 3.48. The highest BCUT2D eigenvalue weighted by Crippen LogP contribution is 2.16. The van der Waals surface area contributed by atoms with Gasteiger partial charge in [-0.25, -0.2) is 0 Å². The van der Waals surface area contributed by atoms with Crippen molar-refractivity contribution in [2.24, 2.45) is 4.99 Å². The van der Waals surface area contributed by atoms with E-state index in [9.17, 15) is 4.79 Å². The fraction of sp³-hybridized carbons (Fsp3) is 0.111. The molecule has 23 heavy (non-hydrogen) atoms. The number of thiazole rings is 1. The van der Waals surface area contributed by atoms with Crippen molar-refractivity contribution < 1.29 is 4.79 Å². The van der Waals surface area contributed by atoms with Crippen molar-refractivity contribution in [2.75, 3.05) is 0 Å². The van der Waals surface area contributed by atoms with Crippen LogP contribution >= 0.6 is 22.9 Å². The van der Waals surface area contributed by atoms with Crippen LogP contribution in [0.1, 0.15) is 21.6 Å². The summed E-state index contributed by atoms with van der Waals surface area (Å²) >= 11 is 7.53. The first-order valence-corrected chi connectivity index (χ1v) is 8.43. The van der Waals surface area contributed by atoms with E-state index < -0.39 is 0 Å². The summed E-state index contributed by atoms with van der Waals surface area (Å²) in [6.45, 7) is 2.70. The quantitative estimate of drug-likeness (QED) is 0.698. The van der Waals surface area contributed by atoms with Crippen molar-refractivity contribution >= 4 is 28.8 Å². The van der Waals surface area contributed by atoms with Crippen LogP contribution in [0.4, 0.5) is 0 Å². The second kappa shape index (κ2) is 6.94. The highest BCUT2D eigenvalue weighted by Gasteiger charge is 2.10. The summed E-state index contributed by atoms with van der Waals surface area (Å²) < 4.78 is 2.04. The number of hydrogen-bond acceptors (Lipinski definition) is 2. The van der Waals surface area contributed by atoms with E-state index in [1.54, 1.807) is 24.3 Å². The number of nitrogens with zero attached hydrogens (tertiary/aromatic N) is 2. The Morgan fingerprint density at radius 3 is 2.57 bits per heavy atom. The van der Waals surface area contributed by atoms with Crippen LogP contribution in [0.5, 0.6) is 0 Å². The van der Waals surface area contributed by atoms with Gasteiger partial charge < -0.3 is 4.57 Å². The van der Waals surface area contributed by atoms with Gasteiger partial charge in [0, 0.05) is 11.1 Å². The number of amides is 1. The van der Waals surface area contributed by atoms with E-state index in [-0.39, 0.29) is 5.91 Å². The fourth-order valence-corrected chi connectivity index (χ4v) is 3.33. The molecule has 1 aromatic heterocycles. The summed E-state index contributed by atoms with van der Waals surface area (Å²) in [7, 11) is 0. The maximum absolute atomic E-state index is 12.4. The van der Waals surface area contributed by atoms with E-state index in [1.165, 1.54) is 16.9 Å². The lowest BCUT2D eigenvalue weighted by Crippen LogP contribution is -2.19. The molecule has 0 saturated carbocycles. The summed E-state index contributed by atoms with van der Waals surface area (Å²) in [5, 5.41) is 2.42. The number of aromatic nitrogens is 1. The van der Waals surface area contributed by atoms with Gasteiger partial charge >= 0.3 is 0 Å². The SMILES string of the molecule is Cc1csc(=NC(=O)c2ccccc2Cl)n1Cc1ccccc1. The summed E-state index contributed by atoms with van der Waals surface area (Å²) in [6.07, 6.45) is 0. The van der Waals surface area contributed by atoms with Crippen LogP contribution in [0.15, 0.2) is 65.0 Å². The molecule has 1 amide bonds. The first-order valence-electron chi connectivity index (χ1n) is 7.17. The van der Waals surface area contributed by atoms with Gasteiger partial charge in [-0.1, -0.05) is 54.1 Å². The Labute approximate surface area is 143 Å². The molecule has 3 aromatic rings. The largest absolute Gasteiger partial charge is 0.317 e. The zero-order valence-electron chi connectivity index (χ0n) is 12.6. The molecule has 0 N–H and O–H groups in total. The normalized spacial score (nSPS) is 11.7. The van der Waals surface area contributed by atoms with Crippen LogP contribution in [0.25, 0.3) is 0 Å². The molecule has 2 aromatic carbocycles. The molecule has 3 nitrogen and oxygen atoms in total. The highest BCUT2D eigenvalue weighted by molar-refractivity contribution is 7.07. The van der Waals surface area contributed by atoms with Crippen molar-refractivity contribution in [3.05, 3.63) is 86.6 Å². The molecule has 0 spiro atoms. The number of hydrogen-bond donors (Lipinski definition) is 0. The number of halogens is 1. The van der Waals surface area contributed by atoms with Gasteiger partial charge in [0.15, 0.2) is 4.80 Å². The third kappa shape index (κ3) is 3.60. The Bertz CT molecular complexity index is 897. The average Bonchev–Trinajstić information content (AvgIpc) is 2.89. The van der Waals surface area contributed by atoms with E-state index in [4.69, 9.17) is 11.6 Å². The number of aryl methyl sites for hydroxylation is 1. The maximum Gasteiger partial charge on any atom is 0.281 e. The minimum absolute atomic E-state index is 0.320. The number of carbonyl (C=O) groups excluding carboxylic acids is 1. The first-order chi connectivity index (χ1) is 11.1. The van der Waals surface area contributed by atoms with Gasteiger partial charge in [-0.2, -0.15) is 4.99 Å². The van der Waals surface area contributed by atoms with Gasteiger partial charge in [-0.15, -0.1) is 11.3 Å². The molecule has 0 saturated heterocycles. The smallest absolute Gasteiger partial charge is 0.281 e. The fourth-order valence-electron chi connectivity index (χ4n) is 2.24. The average molecular weight is 343 g/mol. The van der Waals surface area contributed by atoms with Crippen LogP contribution in [-0.4, -0.2) is 10.5 Å². The number of carbonyl (C=O) groups is 1.